The number of aromatic hydroxyl groups is 1. The van der Waals surface area contributed by atoms with E-state index in [1.54, 1.807) is 94.4 Å². The topological polar surface area (TPSA) is 343 Å². The fraction of sp³-hybridized carbons (Fsp3) is 0.474. The van der Waals surface area contributed by atoms with Gasteiger partial charge in [0.1, 0.15) is 61.3 Å². The molecule has 23 nitrogen and oxygen atoms in total. The van der Waals surface area contributed by atoms with Crippen LogP contribution in [0.1, 0.15) is 101 Å². The molecule has 23 heteroatoms. The second-order valence-corrected chi connectivity index (χ2v) is 20.2. The first-order chi connectivity index (χ1) is 38.4. The molecule has 0 saturated carbocycles. The van der Waals surface area contributed by atoms with Gasteiger partial charge in [0, 0.05) is 37.7 Å². The maximum atomic E-state index is 14.7. The SMILES string of the molecule is CC[C@H](C)[C@H](NC(=O)[C@H](Cc1ccc(O)cc1)NC(=O)[C@@H](NC(=O)[C@H](CCCCN)NC(=O)OCc1ccccc1)C(C)C)C(=O)N[C@@H](Cc1cnc[nH]1)C(=O)N1CCC[C@H]1C(=O)N[C@@H](CCC(=O)O)C(=O)OCc1ccccc1. The van der Waals surface area contributed by atoms with E-state index >= 15 is 0 Å². The molecular formula is C57H76N10O13. The summed E-state index contributed by atoms with van der Waals surface area (Å²) in [5.74, 6) is -7.59. The third kappa shape index (κ3) is 19.8. The lowest BCUT2D eigenvalue weighted by Crippen LogP contribution is -2.62. The zero-order valence-electron chi connectivity index (χ0n) is 45.7. The summed E-state index contributed by atoms with van der Waals surface area (Å²) in [6.45, 7) is 7.16. The van der Waals surface area contributed by atoms with E-state index in [9.17, 15) is 53.4 Å². The Kier molecular flexibility index (Phi) is 24.9. The van der Waals surface area contributed by atoms with Gasteiger partial charge >= 0.3 is 18.0 Å². The molecule has 3 aromatic carbocycles. The number of benzene rings is 3. The number of esters is 1. The fourth-order valence-corrected chi connectivity index (χ4v) is 8.95. The third-order valence-corrected chi connectivity index (χ3v) is 13.7. The number of hydrogen-bond acceptors (Lipinski definition) is 14. The molecule has 2 heterocycles. The molecule has 0 aliphatic carbocycles. The zero-order valence-corrected chi connectivity index (χ0v) is 45.7. The van der Waals surface area contributed by atoms with Crippen molar-refractivity contribution in [3.63, 3.8) is 0 Å². The van der Waals surface area contributed by atoms with Gasteiger partial charge in [0.25, 0.3) is 0 Å². The highest BCUT2D eigenvalue weighted by Crippen LogP contribution is 2.22. The summed E-state index contributed by atoms with van der Waals surface area (Å²) in [7, 11) is 0. The highest BCUT2D eigenvalue weighted by Gasteiger charge is 2.41. The second-order valence-electron chi connectivity index (χ2n) is 20.2. The fourth-order valence-electron chi connectivity index (χ4n) is 8.95. The number of phenols is 1. The average Bonchev–Trinajstić information content (AvgIpc) is 4.20. The summed E-state index contributed by atoms with van der Waals surface area (Å²) in [4.78, 5) is 133. The smallest absolute Gasteiger partial charge is 0.408 e. The normalized spacial score (nSPS) is 15.6. The third-order valence-electron chi connectivity index (χ3n) is 13.7. The van der Waals surface area contributed by atoms with Crippen LogP contribution in [0.15, 0.2) is 97.5 Å². The van der Waals surface area contributed by atoms with E-state index in [2.05, 4.69) is 41.9 Å². The van der Waals surface area contributed by atoms with Crippen LogP contribution in [0.3, 0.4) is 0 Å². The van der Waals surface area contributed by atoms with E-state index in [0.717, 1.165) is 5.56 Å². The molecular weight excluding hydrogens is 1030 g/mol. The van der Waals surface area contributed by atoms with Gasteiger partial charge in [-0.3, -0.25) is 33.6 Å². The number of likely N-dealkylation sites (tertiary alicyclic amines) is 1. The van der Waals surface area contributed by atoms with Crippen LogP contribution in [0.25, 0.3) is 0 Å². The zero-order chi connectivity index (χ0) is 58.1. The van der Waals surface area contributed by atoms with Gasteiger partial charge in [-0.2, -0.15) is 0 Å². The summed E-state index contributed by atoms with van der Waals surface area (Å²) in [5.41, 5.74) is 8.10. The van der Waals surface area contributed by atoms with Gasteiger partial charge in [0.15, 0.2) is 0 Å². The van der Waals surface area contributed by atoms with Gasteiger partial charge in [-0.25, -0.2) is 14.6 Å². The molecule has 1 saturated heterocycles. The van der Waals surface area contributed by atoms with Crippen molar-refractivity contribution in [3.8, 4) is 5.75 Å². The van der Waals surface area contributed by atoms with Crippen LogP contribution in [-0.4, -0.2) is 134 Å². The largest absolute Gasteiger partial charge is 0.508 e. The lowest BCUT2D eigenvalue weighted by atomic mass is 9.96. The summed E-state index contributed by atoms with van der Waals surface area (Å²) in [6.07, 6.45) is 3.12. The summed E-state index contributed by atoms with van der Waals surface area (Å²) < 4.78 is 10.8. The molecule has 0 unspecified atom stereocenters. The van der Waals surface area contributed by atoms with E-state index in [-0.39, 0.29) is 57.6 Å². The number of carboxylic acids is 1. The minimum Gasteiger partial charge on any atom is -0.508 e. The average molecular weight is 1110 g/mol. The van der Waals surface area contributed by atoms with Gasteiger partial charge in [0.2, 0.25) is 35.4 Å². The number of unbranched alkanes of at least 4 members (excludes halogenated alkanes) is 1. The van der Waals surface area contributed by atoms with Gasteiger partial charge in [-0.15, -0.1) is 0 Å². The summed E-state index contributed by atoms with van der Waals surface area (Å²) in [5, 5.41) is 35.9. The molecule has 0 radical (unpaired) electrons. The van der Waals surface area contributed by atoms with Crippen molar-refractivity contribution in [2.75, 3.05) is 13.1 Å². The predicted molar refractivity (Wildman–Crippen MR) is 292 cm³/mol. The molecule has 11 N–H and O–H groups in total. The molecule has 1 fully saturated rings. The molecule has 4 aromatic rings. The Balaban J connectivity index is 1.34. The standard InChI is InChI=1S/C57H76N10O13/c1-5-36(4)49(54(75)63-45(30-40-31-59-34-60-40)55(76)67-28-14-20-46(67)52(73)61-43(25-26-47(69)70)56(77)79-32-38-15-8-6-9-16-38)66-51(72)44(29-37-21-23-41(68)24-22-37)62-53(74)48(35(2)3)65-50(71)42(19-12-13-27-58)64-57(78)80-33-39-17-10-7-11-18-39/h6-11,15-18,21-24,31,34-36,42-46,48-49,68H,5,12-14,19-20,25-30,32-33,58H2,1-4H3,(H,59,60)(H,61,73)(H,62,74)(H,63,75)(H,64,78)(H,65,71)(H,66,72)(H,69,70)/t36-,42-,43-,44-,45-,46-,48-,49-/m0/s1. The molecule has 0 spiro atoms. The molecule has 1 aliphatic heterocycles. The predicted octanol–water partition coefficient (Wildman–Crippen LogP) is 3.05. The maximum Gasteiger partial charge on any atom is 0.408 e. The number of nitrogens with one attached hydrogen (secondary N) is 7. The monoisotopic (exact) mass is 1110 g/mol. The number of ether oxygens (including phenoxy) is 2. The van der Waals surface area contributed by atoms with Crippen molar-refractivity contribution in [1.82, 2.24) is 46.8 Å². The quantitative estimate of drug-likeness (QED) is 0.0256. The van der Waals surface area contributed by atoms with Crippen LogP contribution in [0.5, 0.6) is 5.75 Å². The number of H-pyrrole nitrogens is 1. The number of nitrogens with zero attached hydrogens (tertiary/aromatic N) is 2. The van der Waals surface area contributed by atoms with Crippen LogP contribution in [0.4, 0.5) is 4.79 Å². The number of hydrogen-bond donors (Lipinski definition) is 10. The number of carbonyl (C=O) groups is 9. The second kappa shape index (κ2) is 31.9. The van der Waals surface area contributed by atoms with Gasteiger partial charge in [0.05, 0.1) is 6.33 Å². The Morgan fingerprint density at radius 2 is 1.30 bits per heavy atom. The van der Waals surface area contributed by atoms with E-state index in [4.69, 9.17) is 15.2 Å². The lowest BCUT2D eigenvalue weighted by Gasteiger charge is -2.32. The van der Waals surface area contributed by atoms with Crippen molar-refractivity contribution < 1.29 is 62.8 Å². The minimum atomic E-state index is -1.38. The van der Waals surface area contributed by atoms with Crippen LogP contribution < -0.4 is 37.6 Å². The lowest BCUT2D eigenvalue weighted by molar-refractivity contribution is -0.150. The van der Waals surface area contributed by atoms with Crippen molar-refractivity contribution >= 4 is 53.5 Å². The van der Waals surface area contributed by atoms with Crippen LogP contribution in [0.2, 0.25) is 0 Å². The first kappa shape index (κ1) is 62.5. The summed E-state index contributed by atoms with van der Waals surface area (Å²) >= 11 is 0. The molecule has 1 aliphatic rings. The number of aliphatic carboxylic acids is 1. The van der Waals surface area contributed by atoms with Crippen LogP contribution >= 0.6 is 0 Å². The van der Waals surface area contributed by atoms with Crippen molar-refractivity contribution in [3.05, 3.63) is 120 Å². The van der Waals surface area contributed by atoms with Crippen LogP contribution in [0, 0.1) is 11.8 Å². The molecule has 7 amide bonds. The van der Waals surface area contributed by atoms with Crippen molar-refractivity contribution in [1.29, 1.82) is 0 Å². The number of nitrogens with two attached hydrogens (primary N) is 1. The van der Waals surface area contributed by atoms with Crippen molar-refractivity contribution in [2.24, 2.45) is 17.6 Å². The highest BCUT2D eigenvalue weighted by atomic mass is 16.5. The first-order valence-corrected chi connectivity index (χ1v) is 27.0. The Morgan fingerprint density at radius 1 is 0.688 bits per heavy atom. The Bertz CT molecular complexity index is 2660. The Morgan fingerprint density at radius 3 is 1.90 bits per heavy atom. The number of carbonyl (C=O) groups excluding carboxylic acids is 8. The van der Waals surface area contributed by atoms with E-state index in [1.165, 1.54) is 29.6 Å². The first-order valence-electron chi connectivity index (χ1n) is 27.0. The molecule has 80 heavy (non-hydrogen) atoms. The summed E-state index contributed by atoms with van der Waals surface area (Å²) in [6, 6.07) is 14.8. The number of rotatable bonds is 31. The molecule has 0 bridgehead atoms. The van der Waals surface area contributed by atoms with Gasteiger partial charge in [-0.1, -0.05) is 107 Å². The number of aromatic nitrogens is 2. The Labute approximate surface area is 465 Å². The van der Waals surface area contributed by atoms with E-state index in [0.29, 0.717) is 49.0 Å². The molecule has 8 atom stereocenters. The van der Waals surface area contributed by atoms with E-state index < -0.39 is 114 Å². The molecule has 5 rings (SSSR count). The van der Waals surface area contributed by atoms with Gasteiger partial charge in [-0.05, 0) is 85.7 Å². The number of phenolic OH excluding ortho intramolecular Hbond substituents is 1. The van der Waals surface area contributed by atoms with Gasteiger partial charge < -0.3 is 67.2 Å². The maximum absolute atomic E-state index is 14.7. The van der Waals surface area contributed by atoms with Crippen molar-refractivity contribution in [2.45, 2.75) is 147 Å². The number of carboxylic acid groups (broad SMARTS) is 1. The molecule has 1 aromatic heterocycles. The van der Waals surface area contributed by atoms with E-state index in [1.807, 2.05) is 6.07 Å². The number of amides is 7. The number of alkyl carbamates (subject to hydrolysis) is 1. The minimum absolute atomic E-state index is 0.0484. The number of aromatic amines is 1. The number of imidazole rings is 1. The highest BCUT2D eigenvalue weighted by molar-refractivity contribution is 5.98. The molecule has 432 valence electrons. The Hall–Kier alpha value is -8.34. The van der Waals surface area contributed by atoms with Crippen LogP contribution in [-0.2, 0) is 73.9 Å².